The number of amides is 2. The number of piperidine rings is 1. The molecule has 3 aromatic rings. The number of carbonyl (C=O) groups is 2. The molecule has 1 fully saturated rings. The van der Waals surface area contributed by atoms with Crippen molar-refractivity contribution in [3.8, 4) is 0 Å². The lowest BCUT2D eigenvalue weighted by Crippen LogP contribution is -2.40. The maximum absolute atomic E-state index is 12.8. The van der Waals surface area contributed by atoms with Crippen LogP contribution in [0.25, 0.3) is 0 Å². The van der Waals surface area contributed by atoms with Crippen LogP contribution in [0.5, 0.6) is 0 Å². The molecular formula is C24H29N5O3. The Morgan fingerprint density at radius 3 is 2.75 bits per heavy atom. The highest BCUT2D eigenvalue weighted by atomic mass is 16.3. The first kappa shape index (κ1) is 21.8. The Kier molecular flexibility index (Phi) is 7.34. The number of nitrogens with one attached hydrogen (secondary N) is 2. The zero-order chi connectivity index (χ0) is 22.2. The van der Waals surface area contributed by atoms with Crippen molar-refractivity contribution >= 4 is 17.5 Å². The molecule has 0 saturated carbocycles. The Morgan fingerprint density at radius 1 is 1.12 bits per heavy atom. The monoisotopic (exact) mass is 435 g/mol. The summed E-state index contributed by atoms with van der Waals surface area (Å²) in [5.74, 6) is 0.582. The van der Waals surface area contributed by atoms with Gasteiger partial charge in [-0.1, -0.05) is 12.5 Å². The number of anilines is 1. The summed E-state index contributed by atoms with van der Waals surface area (Å²) in [6.07, 6.45) is 10.7. The Labute approximate surface area is 187 Å². The minimum absolute atomic E-state index is 0.0142. The van der Waals surface area contributed by atoms with Crippen LogP contribution in [0.3, 0.4) is 0 Å². The summed E-state index contributed by atoms with van der Waals surface area (Å²) in [5, 5.41) is 5.91. The number of rotatable bonds is 9. The lowest BCUT2D eigenvalue weighted by Gasteiger charge is -2.33. The van der Waals surface area contributed by atoms with Gasteiger partial charge in [-0.05, 0) is 56.3 Å². The molecule has 4 rings (SSSR count). The summed E-state index contributed by atoms with van der Waals surface area (Å²) in [4.78, 5) is 31.4. The van der Waals surface area contributed by atoms with Gasteiger partial charge in [0.05, 0.1) is 18.6 Å². The number of hydrogen-bond donors (Lipinski definition) is 2. The second-order valence-electron chi connectivity index (χ2n) is 8.02. The Hall–Kier alpha value is -3.39. The van der Waals surface area contributed by atoms with Crippen molar-refractivity contribution < 1.29 is 14.0 Å². The average Bonchev–Trinajstić information content (AvgIpc) is 3.53. The van der Waals surface area contributed by atoms with Gasteiger partial charge in [-0.15, -0.1) is 0 Å². The van der Waals surface area contributed by atoms with Crippen LogP contribution < -0.4 is 10.6 Å². The normalized spacial score (nSPS) is 15.2. The van der Waals surface area contributed by atoms with Gasteiger partial charge in [0.15, 0.2) is 0 Å². The number of nitrogens with zero attached hydrogens (tertiary/aromatic N) is 3. The van der Waals surface area contributed by atoms with Gasteiger partial charge in [0.2, 0.25) is 5.91 Å². The van der Waals surface area contributed by atoms with E-state index in [2.05, 4.69) is 20.5 Å². The Bertz CT molecular complexity index is 995. The number of aromatic nitrogens is 2. The van der Waals surface area contributed by atoms with Crippen LogP contribution in [-0.4, -0.2) is 45.9 Å². The van der Waals surface area contributed by atoms with Crippen molar-refractivity contribution in [1.82, 2.24) is 19.8 Å². The van der Waals surface area contributed by atoms with E-state index in [0.29, 0.717) is 30.8 Å². The minimum atomic E-state index is -0.173. The molecule has 1 unspecified atom stereocenters. The average molecular weight is 436 g/mol. The van der Waals surface area contributed by atoms with E-state index in [1.54, 1.807) is 43.1 Å². The van der Waals surface area contributed by atoms with Crippen molar-refractivity contribution in [2.75, 3.05) is 25.0 Å². The molecule has 1 saturated heterocycles. The Balaban J connectivity index is 1.33. The number of hydrogen-bond acceptors (Lipinski definition) is 5. The maximum Gasteiger partial charge on any atom is 0.251 e. The fourth-order valence-electron chi connectivity index (χ4n) is 4.02. The van der Waals surface area contributed by atoms with E-state index < -0.39 is 0 Å². The third-order valence-corrected chi connectivity index (χ3v) is 5.72. The van der Waals surface area contributed by atoms with Crippen LogP contribution in [0.15, 0.2) is 65.8 Å². The molecule has 0 radical (unpaired) electrons. The fraction of sp³-hybridized carbons (Fsp3) is 0.375. The van der Waals surface area contributed by atoms with Crippen LogP contribution in [0.1, 0.15) is 47.8 Å². The lowest BCUT2D eigenvalue weighted by molar-refractivity contribution is -0.116. The molecule has 2 aromatic heterocycles. The van der Waals surface area contributed by atoms with Gasteiger partial charge in [-0.2, -0.15) is 0 Å². The molecule has 8 heteroatoms. The van der Waals surface area contributed by atoms with Crippen LogP contribution in [0.4, 0.5) is 5.69 Å². The van der Waals surface area contributed by atoms with E-state index in [1.807, 2.05) is 22.9 Å². The zero-order valence-electron chi connectivity index (χ0n) is 18.1. The van der Waals surface area contributed by atoms with Crippen molar-refractivity contribution in [2.24, 2.45) is 0 Å². The summed E-state index contributed by atoms with van der Waals surface area (Å²) in [6, 6.07) is 10.9. The number of carbonyl (C=O) groups excluding carboxylic acids is 2. The highest BCUT2D eigenvalue weighted by Crippen LogP contribution is 2.24. The van der Waals surface area contributed by atoms with Gasteiger partial charge in [-0.3, -0.25) is 14.5 Å². The summed E-state index contributed by atoms with van der Waals surface area (Å²) >= 11 is 0. The standard InChI is InChI=1S/C24H29N5O3/c30-23(9-13-28-14-10-25-18-28)27-20-7-4-6-19(16-20)24(31)26-17-21(22-8-5-15-32-22)29-11-2-1-3-12-29/h4-8,10,14-16,18,21H,1-3,9,11-13,17H2,(H,26,31)(H,27,30). The van der Waals surface area contributed by atoms with Gasteiger partial charge in [0, 0.05) is 43.2 Å². The van der Waals surface area contributed by atoms with Crippen molar-refractivity contribution in [2.45, 2.75) is 38.3 Å². The SMILES string of the molecule is O=C(CCn1ccnc1)Nc1cccc(C(=O)NCC(c2ccco2)N2CCCCC2)c1. The van der Waals surface area contributed by atoms with Gasteiger partial charge < -0.3 is 19.6 Å². The van der Waals surface area contributed by atoms with E-state index in [4.69, 9.17) is 4.42 Å². The van der Waals surface area contributed by atoms with Crippen LogP contribution in [0.2, 0.25) is 0 Å². The summed E-state index contributed by atoms with van der Waals surface area (Å²) < 4.78 is 7.50. The second kappa shape index (κ2) is 10.8. The van der Waals surface area contributed by atoms with Gasteiger partial charge in [0.1, 0.15) is 5.76 Å². The van der Waals surface area contributed by atoms with E-state index >= 15 is 0 Å². The number of furan rings is 1. The molecule has 3 heterocycles. The molecule has 2 amide bonds. The predicted molar refractivity (Wildman–Crippen MR) is 121 cm³/mol. The summed E-state index contributed by atoms with van der Waals surface area (Å²) in [7, 11) is 0. The highest BCUT2D eigenvalue weighted by molar-refractivity contribution is 5.97. The predicted octanol–water partition coefficient (Wildman–Crippen LogP) is 3.46. The second-order valence-corrected chi connectivity index (χ2v) is 8.02. The van der Waals surface area contributed by atoms with Gasteiger partial charge >= 0.3 is 0 Å². The molecular weight excluding hydrogens is 406 g/mol. The highest BCUT2D eigenvalue weighted by Gasteiger charge is 2.25. The molecule has 1 aromatic carbocycles. The number of aryl methyl sites for hydroxylation is 1. The first-order chi connectivity index (χ1) is 15.7. The van der Waals surface area contributed by atoms with Gasteiger partial charge in [0.25, 0.3) is 5.91 Å². The van der Waals surface area contributed by atoms with Crippen LogP contribution in [0, 0.1) is 0 Å². The maximum atomic E-state index is 12.8. The topological polar surface area (TPSA) is 92.4 Å². The molecule has 0 spiro atoms. The van der Waals surface area contributed by atoms with Crippen LogP contribution >= 0.6 is 0 Å². The van der Waals surface area contributed by atoms with Crippen LogP contribution in [-0.2, 0) is 11.3 Å². The lowest BCUT2D eigenvalue weighted by atomic mass is 10.1. The summed E-state index contributed by atoms with van der Waals surface area (Å²) in [5.41, 5.74) is 1.11. The smallest absolute Gasteiger partial charge is 0.251 e. The molecule has 8 nitrogen and oxygen atoms in total. The third-order valence-electron chi connectivity index (χ3n) is 5.72. The van der Waals surface area contributed by atoms with E-state index in [9.17, 15) is 9.59 Å². The first-order valence-corrected chi connectivity index (χ1v) is 11.1. The fourth-order valence-corrected chi connectivity index (χ4v) is 4.02. The zero-order valence-corrected chi connectivity index (χ0v) is 18.1. The third kappa shape index (κ3) is 5.85. The van der Waals surface area contributed by atoms with E-state index in [-0.39, 0.29) is 17.9 Å². The number of likely N-dealkylation sites (tertiary alicyclic amines) is 1. The quantitative estimate of drug-likeness (QED) is 0.537. The van der Waals surface area contributed by atoms with Crippen molar-refractivity contribution in [1.29, 1.82) is 0 Å². The number of benzene rings is 1. The molecule has 0 bridgehead atoms. The Morgan fingerprint density at radius 2 is 2.00 bits per heavy atom. The van der Waals surface area contributed by atoms with E-state index in [1.165, 1.54) is 6.42 Å². The first-order valence-electron chi connectivity index (χ1n) is 11.1. The van der Waals surface area contributed by atoms with E-state index in [0.717, 1.165) is 31.7 Å². The van der Waals surface area contributed by atoms with Crippen molar-refractivity contribution in [3.63, 3.8) is 0 Å². The number of imidazole rings is 1. The minimum Gasteiger partial charge on any atom is -0.468 e. The van der Waals surface area contributed by atoms with Gasteiger partial charge in [-0.25, -0.2) is 4.98 Å². The largest absolute Gasteiger partial charge is 0.468 e. The molecule has 1 aliphatic rings. The molecule has 1 aliphatic heterocycles. The summed E-state index contributed by atoms with van der Waals surface area (Å²) in [6.45, 7) is 3.02. The molecule has 1 atom stereocenters. The molecule has 32 heavy (non-hydrogen) atoms. The molecule has 168 valence electrons. The molecule has 0 aliphatic carbocycles. The molecule has 2 N–H and O–H groups in total. The van der Waals surface area contributed by atoms with Crippen molar-refractivity contribution in [3.05, 3.63) is 72.7 Å².